The van der Waals surface area contributed by atoms with Gasteiger partial charge < -0.3 is 0 Å². The molecule has 0 aromatic heterocycles. The Balaban J connectivity index is 3.30. The maximum Gasteiger partial charge on any atom is 0.140 e. The van der Waals surface area contributed by atoms with Crippen molar-refractivity contribution in [2.45, 2.75) is 11.8 Å². The summed E-state index contributed by atoms with van der Waals surface area (Å²) in [6.45, 7) is 1.61. The number of rotatable bonds is 2. The van der Waals surface area contributed by atoms with Crippen molar-refractivity contribution in [3.63, 3.8) is 0 Å². The Morgan fingerprint density at radius 1 is 1.50 bits per heavy atom. The van der Waals surface area contributed by atoms with Crippen LogP contribution in [0, 0.1) is 10.6 Å². The smallest absolute Gasteiger partial charge is 0.140 e. The minimum Gasteiger partial charge on any atom is -0.249 e. The van der Waals surface area contributed by atoms with Gasteiger partial charge in [-0.3, -0.25) is 0 Å². The number of hydrogen-bond donors (Lipinski definition) is 1. The monoisotopic (exact) mass is 187 g/mol. The van der Waals surface area contributed by atoms with Gasteiger partial charge in [0, 0.05) is 5.75 Å². The molecule has 0 aliphatic rings. The first-order valence-corrected chi connectivity index (χ1v) is 5.31. The van der Waals surface area contributed by atoms with E-state index in [1.54, 1.807) is 13.0 Å². The van der Waals surface area contributed by atoms with Gasteiger partial charge in [0.25, 0.3) is 0 Å². The Morgan fingerprint density at radius 3 is 2.58 bits per heavy atom. The topological polar surface area (TPSA) is 40.9 Å². The molecule has 12 heavy (non-hydrogen) atoms. The predicted molar refractivity (Wildman–Crippen MR) is 46.1 cm³/mol. The average molecular weight is 187 g/mol. The first-order chi connectivity index (χ1) is 5.58. The third-order valence-electron chi connectivity index (χ3n) is 1.60. The van der Waals surface area contributed by atoms with E-state index in [1.165, 1.54) is 18.2 Å². The molecule has 1 atom stereocenters. The normalized spacial score (nSPS) is 15.5. The van der Waals surface area contributed by atoms with E-state index in [0.29, 0.717) is 0 Å². The van der Waals surface area contributed by atoms with Gasteiger partial charge in [-0.15, -0.1) is 0 Å². The van der Waals surface area contributed by atoms with Crippen molar-refractivity contribution >= 4 is 9.73 Å². The minimum atomic E-state index is -2.90. The van der Waals surface area contributed by atoms with Crippen molar-refractivity contribution < 1.29 is 8.60 Å². The Kier molecular flexibility index (Phi) is 2.47. The zero-order valence-electron chi connectivity index (χ0n) is 6.71. The van der Waals surface area contributed by atoms with Gasteiger partial charge in [0.05, 0.1) is 14.6 Å². The molecule has 1 unspecified atom stereocenters. The third kappa shape index (κ3) is 1.64. The van der Waals surface area contributed by atoms with Crippen LogP contribution in [0.15, 0.2) is 29.2 Å². The quantitative estimate of drug-likeness (QED) is 0.758. The lowest BCUT2D eigenvalue weighted by molar-refractivity contribution is 0.593. The van der Waals surface area contributed by atoms with Gasteiger partial charge in [0.1, 0.15) is 5.82 Å². The highest BCUT2D eigenvalue weighted by atomic mass is 32.2. The summed E-state index contributed by atoms with van der Waals surface area (Å²) < 4.78 is 31.7. The molecule has 66 valence electrons. The Labute approximate surface area is 71.4 Å². The van der Waals surface area contributed by atoms with Crippen molar-refractivity contribution in [1.82, 2.24) is 0 Å². The lowest BCUT2D eigenvalue weighted by atomic mass is 10.3. The standard InChI is InChI=1S/C8H10FNOS/c1-2-12(10,11)8-6-4-3-5-7(8)9/h3-6,10H,2H2,1H3. The van der Waals surface area contributed by atoms with Gasteiger partial charge in [-0.05, 0) is 12.1 Å². The molecule has 0 aliphatic heterocycles. The van der Waals surface area contributed by atoms with E-state index < -0.39 is 15.5 Å². The van der Waals surface area contributed by atoms with Gasteiger partial charge in [0.2, 0.25) is 0 Å². The maximum atomic E-state index is 13.0. The van der Waals surface area contributed by atoms with Gasteiger partial charge in [-0.2, -0.15) is 0 Å². The van der Waals surface area contributed by atoms with Crippen molar-refractivity contribution in [2.24, 2.45) is 0 Å². The molecule has 0 bridgehead atoms. The van der Waals surface area contributed by atoms with Crippen molar-refractivity contribution in [2.75, 3.05) is 5.75 Å². The van der Waals surface area contributed by atoms with E-state index in [9.17, 15) is 8.60 Å². The van der Waals surface area contributed by atoms with E-state index in [2.05, 4.69) is 0 Å². The third-order valence-corrected chi connectivity index (χ3v) is 3.45. The van der Waals surface area contributed by atoms with Crippen molar-refractivity contribution in [3.8, 4) is 0 Å². The van der Waals surface area contributed by atoms with Crippen LogP contribution in [-0.2, 0) is 9.73 Å². The van der Waals surface area contributed by atoms with E-state index in [0.717, 1.165) is 0 Å². The summed E-state index contributed by atoms with van der Waals surface area (Å²) in [5, 5.41) is 0. The van der Waals surface area contributed by atoms with E-state index in [-0.39, 0.29) is 10.6 Å². The molecule has 1 rings (SSSR count). The number of benzene rings is 1. The summed E-state index contributed by atoms with van der Waals surface area (Å²) in [6.07, 6.45) is 0. The van der Waals surface area contributed by atoms with Gasteiger partial charge in [-0.1, -0.05) is 19.1 Å². The molecule has 0 spiro atoms. The second kappa shape index (κ2) is 3.23. The highest BCUT2D eigenvalue weighted by molar-refractivity contribution is 7.92. The van der Waals surface area contributed by atoms with Crippen LogP contribution in [0.4, 0.5) is 4.39 Å². The summed E-state index contributed by atoms with van der Waals surface area (Å²) in [7, 11) is -2.90. The van der Waals surface area contributed by atoms with Crippen LogP contribution < -0.4 is 0 Å². The summed E-state index contributed by atoms with van der Waals surface area (Å²) in [5.74, 6) is -0.409. The number of hydrogen-bond acceptors (Lipinski definition) is 2. The second-order valence-electron chi connectivity index (χ2n) is 2.39. The Morgan fingerprint density at radius 2 is 2.08 bits per heavy atom. The fourth-order valence-corrected chi connectivity index (χ4v) is 1.86. The van der Waals surface area contributed by atoms with Crippen LogP contribution in [-0.4, -0.2) is 9.96 Å². The molecule has 0 saturated carbocycles. The van der Waals surface area contributed by atoms with Gasteiger partial charge >= 0.3 is 0 Å². The average Bonchev–Trinajstić information content (AvgIpc) is 2.05. The highest BCUT2D eigenvalue weighted by Gasteiger charge is 2.11. The molecule has 1 aromatic carbocycles. The molecular weight excluding hydrogens is 177 g/mol. The van der Waals surface area contributed by atoms with Crippen LogP contribution in [0.3, 0.4) is 0 Å². The zero-order chi connectivity index (χ0) is 9.19. The van der Waals surface area contributed by atoms with E-state index in [4.69, 9.17) is 4.78 Å². The lowest BCUT2D eigenvalue weighted by Crippen LogP contribution is -2.03. The Bertz CT molecular complexity index is 372. The largest absolute Gasteiger partial charge is 0.249 e. The van der Waals surface area contributed by atoms with E-state index in [1.807, 2.05) is 0 Å². The number of halogens is 1. The first-order valence-electron chi connectivity index (χ1n) is 3.59. The maximum absolute atomic E-state index is 13.0. The SMILES string of the molecule is CCS(=N)(=O)c1ccccc1F. The number of nitrogens with one attached hydrogen (secondary N) is 1. The van der Waals surface area contributed by atoms with Gasteiger partial charge in [0.15, 0.2) is 0 Å². The van der Waals surface area contributed by atoms with Gasteiger partial charge in [-0.25, -0.2) is 13.4 Å². The summed E-state index contributed by atoms with van der Waals surface area (Å²) in [6, 6.07) is 5.72. The Hall–Kier alpha value is -0.900. The molecular formula is C8H10FNOS. The molecule has 0 aliphatic carbocycles. The molecule has 1 N–H and O–H groups in total. The fraction of sp³-hybridized carbons (Fsp3) is 0.250. The highest BCUT2D eigenvalue weighted by Crippen LogP contribution is 2.15. The van der Waals surface area contributed by atoms with Crippen LogP contribution in [0.5, 0.6) is 0 Å². The molecule has 4 heteroatoms. The lowest BCUT2D eigenvalue weighted by Gasteiger charge is -2.04. The molecule has 1 aromatic rings. The molecule has 0 radical (unpaired) electrons. The van der Waals surface area contributed by atoms with Crippen molar-refractivity contribution in [1.29, 1.82) is 4.78 Å². The molecule has 0 heterocycles. The van der Waals surface area contributed by atoms with Crippen LogP contribution in [0.2, 0.25) is 0 Å². The first kappa shape index (κ1) is 9.19. The fourth-order valence-electron chi connectivity index (χ4n) is 0.868. The van der Waals surface area contributed by atoms with E-state index >= 15 is 0 Å². The molecule has 0 fully saturated rings. The molecule has 2 nitrogen and oxygen atoms in total. The summed E-state index contributed by atoms with van der Waals surface area (Å²) >= 11 is 0. The van der Waals surface area contributed by atoms with Crippen LogP contribution in [0.25, 0.3) is 0 Å². The minimum absolute atomic E-state index is 0.00694. The zero-order valence-corrected chi connectivity index (χ0v) is 7.53. The molecule has 0 saturated heterocycles. The molecule has 0 amide bonds. The van der Waals surface area contributed by atoms with Crippen LogP contribution >= 0.6 is 0 Å². The van der Waals surface area contributed by atoms with Crippen molar-refractivity contribution in [3.05, 3.63) is 30.1 Å². The summed E-state index contributed by atoms with van der Waals surface area (Å²) in [4.78, 5) is 0.00694. The van der Waals surface area contributed by atoms with Crippen LogP contribution in [0.1, 0.15) is 6.92 Å². The summed E-state index contributed by atoms with van der Waals surface area (Å²) in [5.41, 5.74) is 0. The second-order valence-corrected chi connectivity index (χ2v) is 4.76. The predicted octanol–water partition coefficient (Wildman–Crippen LogP) is 2.25.